The van der Waals surface area contributed by atoms with Crippen LogP contribution < -0.4 is 5.32 Å². The number of nitrogens with one attached hydrogen (secondary N) is 1. The van der Waals surface area contributed by atoms with Gasteiger partial charge in [0, 0.05) is 0 Å². The second-order valence-corrected chi connectivity index (χ2v) is 4.25. The molecule has 1 fully saturated rings. The van der Waals surface area contributed by atoms with Gasteiger partial charge < -0.3 is 0 Å². The molecule has 0 saturated carbocycles. The van der Waals surface area contributed by atoms with Crippen molar-refractivity contribution in [3.05, 3.63) is 8.55 Å². The summed E-state index contributed by atoms with van der Waals surface area (Å²) in [6.07, 6.45) is 0. The molecule has 1 N–H and O–H groups in total. The van der Waals surface area contributed by atoms with E-state index in [2.05, 4.69) is 27.9 Å². The molecule has 1 heterocycles. The fourth-order valence-corrected chi connectivity index (χ4v) is 2.49. The summed E-state index contributed by atoms with van der Waals surface area (Å²) in [5.41, 5.74) is 0. The van der Waals surface area contributed by atoms with E-state index in [1.54, 1.807) is 0 Å². The van der Waals surface area contributed by atoms with Crippen molar-refractivity contribution in [3.8, 4) is 0 Å². The molecule has 1 aliphatic rings. The Morgan fingerprint density at radius 1 is 1.88 bits per heavy atom. The van der Waals surface area contributed by atoms with Crippen molar-refractivity contribution in [1.82, 2.24) is 5.32 Å². The molecular formula is C4H4INOSe. The van der Waals surface area contributed by atoms with E-state index >= 15 is 0 Å². The van der Waals surface area contributed by atoms with Crippen LogP contribution in [0.15, 0.2) is 8.55 Å². The molecule has 4 heteroatoms. The van der Waals surface area contributed by atoms with Gasteiger partial charge in [0.15, 0.2) is 0 Å². The zero-order chi connectivity index (χ0) is 5.98. The van der Waals surface area contributed by atoms with Crippen molar-refractivity contribution in [3.63, 3.8) is 0 Å². The van der Waals surface area contributed by atoms with Gasteiger partial charge in [-0.25, -0.2) is 0 Å². The Morgan fingerprint density at radius 3 is 2.88 bits per heavy atom. The molecule has 1 aliphatic heterocycles. The van der Waals surface area contributed by atoms with Gasteiger partial charge in [-0.2, -0.15) is 0 Å². The van der Waals surface area contributed by atoms with Gasteiger partial charge in [0.2, 0.25) is 0 Å². The van der Waals surface area contributed by atoms with E-state index in [4.69, 9.17) is 0 Å². The first-order valence-corrected chi connectivity index (χ1v) is 5.04. The van der Waals surface area contributed by atoms with Gasteiger partial charge in [0.1, 0.15) is 0 Å². The van der Waals surface area contributed by atoms with Crippen LogP contribution >= 0.6 is 22.6 Å². The first-order valence-electron chi connectivity index (χ1n) is 2.08. The predicted molar refractivity (Wildman–Crippen MR) is 41.3 cm³/mol. The summed E-state index contributed by atoms with van der Waals surface area (Å²) in [6, 6.07) is 0. The quantitative estimate of drug-likeness (QED) is 0.516. The van der Waals surface area contributed by atoms with Crippen LogP contribution in [0.2, 0.25) is 0 Å². The predicted octanol–water partition coefficient (Wildman–Crippen LogP) is 0.690. The molecule has 0 aromatic carbocycles. The Bertz CT molecular complexity index is 145. The molecule has 8 heavy (non-hydrogen) atoms. The molecule has 0 aromatic rings. The SMILES string of the molecule is O=C1NC/C(=C\I)[Se]1. The topological polar surface area (TPSA) is 29.1 Å². The Hall–Kier alpha value is 0.459. The fraction of sp³-hybridized carbons (Fsp3) is 0.250. The van der Waals surface area contributed by atoms with E-state index in [0.717, 1.165) is 6.54 Å². The number of carbonyl (C=O) groups excluding carboxylic acids is 1. The van der Waals surface area contributed by atoms with Crippen molar-refractivity contribution in [1.29, 1.82) is 0 Å². The average molecular weight is 288 g/mol. The molecule has 0 bridgehead atoms. The van der Waals surface area contributed by atoms with Crippen LogP contribution in [0.1, 0.15) is 0 Å². The molecule has 0 spiro atoms. The van der Waals surface area contributed by atoms with Crippen LogP contribution in [-0.2, 0) is 0 Å². The van der Waals surface area contributed by atoms with E-state index in [1.807, 2.05) is 4.08 Å². The number of hydrogen-bond acceptors (Lipinski definition) is 1. The normalized spacial score (nSPS) is 24.1. The monoisotopic (exact) mass is 289 g/mol. The maximum atomic E-state index is 10.5. The van der Waals surface area contributed by atoms with Gasteiger partial charge in [-0.05, 0) is 0 Å². The first-order chi connectivity index (χ1) is 3.83. The Labute approximate surface area is 67.4 Å². The molecule has 0 aliphatic carbocycles. The summed E-state index contributed by atoms with van der Waals surface area (Å²) < 4.78 is 3.23. The third kappa shape index (κ3) is 1.47. The summed E-state index contributed by atoms with van der Waals surface area (Å²) in [5.74, 6) is 0. The van der Waals surface area contributed by atoms with Crippen LogP contribution in [0.25, 0.3) is 0 Å². The number of rotatable bonds is 0. The number of hydrogen-bond donors (Lipinski definition) is 1. The zero-order valence-corrected chi connectivity index (χ0v) is 7.85. The van der Waals surface area contributed by atoms with E-state index in [1.165, 1.54) is 4.47 Å². The first kappa shape index (κ1) is 6.58. The summed E-state index contributed by atoms with van der Waals surface area (Å²) in [7, 11) is 0. The van der Waals surface area contributed by atoms with Gasteiger partial charge in [0.25, 0.3) is 0 Å². The van der Waals surface area contributed by atoms with Gasteiger partial charge in [0.05, 0.1) is 0 Å². The summed E-state index contributed by atoms with van der Waals surface area (Å²) in [5, 5.41) is 2.74. The molecule has 0 aromatic heterocycles. The molecular weight excluding hydrogens is 284 g/mol. The maximum absolute atomic E-state index is 10.5. The average Bonchev–Trinajstić information content (AvgIpc) is 2.14. The molecule has 0 radical (unpaired) electrons. The molecule has 1 saturated heterocycles. The van der Waals surface area contributed by atoms with Crippen LogP contribution in [0.3, 0.4) is 0 Å². The van der Waals surface area contributed by atoms with E-state index in [0.29, 0.717) is 0 Å². The summed E-state index contributed by atoms with van der Waals surface area (Å²) in [4.78, 5) is 10.7. The number of halogens is 1. The second kappa shape index (κ2) is 2.85. The van der Waals surface area contributed by atoms with Gasteiger partial charge in [-0.15, -0.1) is 0 Å². The number of carbonyl (C=O) groups is 1. The minimum absolute atomic E-state index is 0.0984. The van der Waals surface area contributed by atoms with E-state index < -0.39 is 0 Å². The van der Waals surface area contributed by atoms with Crippen LogP contribution in [0, 0.1) is 0 Å². The standard InChI is InChI=1S/C4H4INOSe/c5-1-3-2-6-4(7)8-3/h1H,2H2,(H,6,7)/b3-1+. The van der Waals surface area contributed by atoms with Crippen molar-refractivity contribution in [2.24, 2.45) is 0 Å². The van der Waals surface area contributed by atoms with Gasteiger partial charge in [-0.1, -0.05) is 0 Å². The van der Waals surface area contributed by atoms with Crippen molar-refractivity contribution >= 4 is 42.4 Å². The number of amides is 1. The van der Waals surface area contributed by atoms with Crippen molar-refractivity contribution < 1.29 is 4.79 Å². The molecule has 1 amide bonds. The summed E-state index contributed by atoms with van der Waals surface area (Å²) in [6.45, 7) is 0.780. The van der Waals surface area contributed by atoms with Gasteiger partial charge >= 0.3 is 67.6 Å². The van der Waals surface area contributed by atoms with Crippen molar-refractivity contribution in [2.75, 3.05) is 6.54 Å². The third-order valence-corrected chi connectivity index (χ3v) is 4.25. The van der Waals surface area contributed by atoms with Crippen LogP contribution in [0.4, 0.5) is 4.79 Å². The van der Waals surface area contributed by atoms with Crippen LogP contribution in [-0.4, -0.2) is 26.3 Å². The molecule has 0 atom stereocenters. The van der Waals surface area contributed by atoms with Crippen LogP contribution in [0.5, 0.6) is 0 Å². The molecule has 0 unspecified atom stereocenters. The van der Waals surface area contributed by atoms with Gasteiger partial charge in [-0.3, -0.25) is 0 Å². The second-order valence-electron chi connectivity index (χ2n) is 1.32. The summed E-state index contributed by atoms with van der Waals surface area (Å²) >= 11 is 2.26. The minimum atomic E-state index is 0.0984. The molecule has 1 rings (SSSR count). The Morgan fingerprint density at radius 2 is 2.62 bits per heavy atom. The Kier molecular flexibility index (Phi) is 2.34. The zero-order valence-electron chi connectivity index (χ0n) is 3.98. The van der Waals surface area contributed by atoms with E-state index in [9.17, 15) is 4.79 Å². The molecule has 2 nitrogen and oxygen atoms in total. The Balaban J connectivity index is 2.56. The van der Waals surface area contributed by atoms with Crippen molar-refractivity contribution in [2.45, 2.75) is 0 Å². The van der Waals surface area contributed by atoms with E-state index in [-0.39, 0.29) is 19.8 Å². The third-order valence-electron chi connectivity index (χ3n) is 0.752. The molecule has 44 valence electrons. The fourth-order valence-electron chi connectivity index (χ4n) is 0.411.